The third-order valence-electron chi connectivity index (χ3n) is 2.40. The van der Waals surface area contributed by atoms with Gasteiger partial charge in [-0.1, -0.05) is 6.07 Å². The van der Waals surface area contributed by atoms with Crippen molar-refractivity contribution >= 4 is 11.4 Å². The van der Waals surface area contributed by atoms with E-state index in [1.54, 1.807) is 6.20 Å². The van der Waals surface area contributed by atoms with Gasteiger partial charge < -0.3 is 11.5 Å². The SMILES string of the molecule is Cc1cc(N)c(N)cc1-c1cccnc1. The van der Waals surface area contributed by atoms with E-state index in [0.717, 1.165) is 16.7 Å². The van der Waals surface area contributed by atoms with Gasteiger partial charge in [-0.3, -0.25) is 4.98 Å². The van der Waals surface area contributed by atoms with Gasteiger partial charge in [-0.05, 0) is 36.2 Å². The maximum absolute atomic E-state index is 5.78. The van der Waals surface area contributed by atoms with E-state index < -0.39 is 0 Å². The molecule has 2 rings (SSSR count). The minimum Gasteiger partial charge on any atom is -0.397 e. The predicted octanol–water partition coefficient (Wildman–Crippen LogP) is 2.22. The average molecular weight is 199 g/mol. The van der Waals surface area contributed by atoms with Crippen molar-refractivity contribution in [3.05, 3.63) is 42.2 Å². The molecule has 0 aliphatic heterocycles. The van der Waals surface area contributed by atoms with Crippen molar-refractivity contribution in [3.8, 4) is 11.1 Å². The van der Waals surface area contributed by atoms with Crippen molar-refractivity contribution in [2.45, 2.75) is 6.92 Å². The van der Waals surface area contributed by atoms with E-state index in [0.29, 0.717) is 11.4 Å². The second-order valence-electron chi connectivity index (χ2n) is 3.54. The van der Waals surface area contributed by atoms with Gasteiger partial charge in [-0.25, -0.2) is 0 Å². The highest BCUT2D eigenvalue weighted by atomic mass is 14.7. The summed E-state index contributed by atoms with van der Waals surface area (Å²) in [5.74, 6) is 0. The Balaban J connectivity index is 2.59. The highest BCUT2D eigenvalue weighted by Gasteiger charge is 2.04. The van der Waals surface area contributed by atoms with Gasteiger partial charge in [0.1, 0.15) is 0 Å². The largest absolute Gasteiger partial charge is 0.397 e. The van der Waals surface area contributed by atoms with Gasteiger partial charge in [0.25, 0.3) is 0 Å². The molecular weight excluding hydrogens is 186 g/mol. The van der Waals surface area contributed by atoms with Gasteiger partial charge in [0.05, 0.1) is 11.4 Å². The van der Waals surface area contributed by atoms with E-state index in [1.165, 1.54) is 0 Å². The van der Waals surface area contributed by atoms with Crippen LogP contribution in [0.2, 0.25) is 0 Å². The van der Waals surface area contributed by atoms with Crippen LogP contribution >= 0.6 is 0 Å². The van der Waals surface area contributed by atoms with Crippen LogP contribution in [0.1, 0.15) is 5.56 Å². The first kappa shape index (κ1) is 9.52. The summed E-state index contributed by atoms with van der Waals surface area (Å²) in [4.78, 5) is 4.08. The lowest BCUT2D eigenvalue weighted by Crippen LogP contribution is -1.96. The molecule has 0 aliphatic carbocycles. The van der Waals surface area contributed by atoms with E-state index in [2.05, 4.69) is 4.98 Å². The monoisotopic (exact) mass is 199 g/mol. The van der Waals surface area contributed by atoms with Gasteiger partial charge in [-0.2, -0.15) is 0 Å². The normalized spacial score (nSPS) is 10.2. The lowest BCUT2D eigenvalue weighted by molar-refractivity contribution is 1.32. The van der Waals surface area contributed by atoms with Crippen LogP contribution in [0.15, 0.2) is 36.7 Å². The van der Waals surface area contributed by atoms with Crippen LogP contribution < -0.4 is 11.5 Å². The van der Waals surface area contributed by atoms with Gasteiger partial charge in [0.15, 0.2) is 0 Å². The lowest BCUT2D eigenvalue weighted by atomic mass is 10.0. The number of hydrogen-bond donors (Lipinski definition) is 2. The third kappa shape index (κ3) is 1.76. The van der Waals surface area contributed by atoms with Crippen molar-refractivity contribution in [3.63, 3.8) is 0 Å². The molecule has 1 heterocycles. The van der Waals surface area contributed by atoms with Gasteiger partial charge in [0, 0.05) is 18.0 Å². The van der Waals surface area contributed by atoms with Crippen molar-refractivity contribution in [2.24, 2.45) is 0 Å². The number of rotatable bonds is 1. The number of anilines is 2. The fraction of sp³-hybridized carbons (Fsp3) is 0.0833. The van der Waals surface area contributed by atoms with E-state index in [-0.39, 0.29) is 0 Å². The smallest absolute Gasteiger partial charge is 0.0554 e. The number of nitrogens with two attached hydrogens (primary N) is 2. The molecule has 1 aromatic carbocycles. The Bertz CT molecular complexity index is 478. The highest BCUT2D eigenvalue weighted by Crippen LogP contribution is 2.28. The topological polar surface area (TPSA) is 64.9 Å². The number of nitrogen functional groups attached to an aromatic ring is 2. The molecule has 15 heavy (non-hydrogen) atoms. The minimum atomic E-state index is 0.611. The average Bonchev–Trinajstić information content (AvgIpc) is 2.25. The van der Waals surface area contributed by atoms with E-state index in [9.17, 15) is 0 Å². The summed E-state index contributed by atoms with van der Waals surface area (Å²) in [6, 6.07) is 7.69. The van der Waals surface area contributed by atoms with Crippen LogP contribution in [-0.2, 0) is 0 Å². The molecule has 1 aromatic heterocycles. The zero-order valence-electron chi connectivity index (χ0n) is 8.57. The molecule has 0 unspecified atom stereocenters. The predicted molar refractivity (Wildman–Crippen MR) is 63.2 cm³/mol. The molecule has 0 aliphatic rings. The third-order valence-corrected chi connectivity index (χ3v) is 2.40. The van der Waals surface area contributed by atoms with Crippen molar-refractivity contribution in [1.29, 1.82) is 0 Å². The van der Waals surface area contributed by atoms with E-state index in [4.69, 9.17) is 11.5 Å². The van der Waals surface area contributed by atoms with Crippen molar-refractivity contribution in [2.75, 3.05) is 11.5 Å². The number of hydrogen-bond acceptors (Lipinski definition) is 3. The number of pyridine rings is 1. The Morgan fingerprint density at radius 1 is 1.13 bits per heavy atom. The Labute approximate surface area is 88.8 Å². The van der Waals surface area contributed by atoms with Crippen molar-refractivity contribution < 1.29 is 0 Å². The summed E-state index contributed by atoms with van der Waals surface area (Å²) in [5, 5.41) is 0. The summed E-state index contributed by atoms with van der Waals surface area (Å²) in [6.07, 6.45) is 3.57. The summed E-state index contributed by atoms with van der Waals surface area (Å²) in [6.45, 7) is 2.01. The first-order chi connectivity index (χ1) is 7.18. The minimum absolute atomic E-state index is 0.611. The molecule has 0 radical (unpaired) electrons. The number of benzene rings is 1. The second kappa shape index (κ2) is 3.61. The summed E-state index contributed by atoms with van der Waals surface area (Å²) < 4.78 is 0. The zero-order valence-corrected chi connectivity index (χ0v) is 8.57. The number of aryl methyl sites for hydroxylation is 1. The Hall–Kier alpha value is -2.03. The molecule has 0 amide bonds. The van der Waals surface area contributed by atoms with Gasteiger partial charge in [-0.15, -0.1) is 0 Å². The molecule has 76 valence electrons. The highest BCUT2D eigenvalue weighted by molar-refractivity contribution is 5.77. The van der Waals surface area contributed by atoms with Gasteiger partial charge in [0.2, 0.25) is 0 Å². The van der Waals surface area contributed by atoms with Crippen LogP contribution in [0.3, 0.4) is 0 Å². The Morgan fingerprint density at radius 2 is 1.87 bits per heavy atom. The second-order valence-corrected chi connectivity index (χ2v) is 3.54. The maximum atomic E-state index is 5.78. The van der Waals surface area contributed by atoms with Crippen LogP contribution in [0, 0.1) is 6.92 Å². The summed E-state index contributed by atoms with van der Waals surface area (Å²) in [5.41, 5.74) is 16.0. The molecule has 0 saturated carbocycles. The maximum Gasteiger partial charge on any atom is 0.0554 e. The summed E-state index contributed by atoms with van der Waals surface area (Å²) in [7, 11) is 0. The van der Waals surface area contributed by atoms with Crippen LogP contribution in [0.4, 0.5) is 11.4 Å². The lowest BCUT2D eigenvalue weighted by Gasteiger charge is -2.08. The molecule has 0 spiro atoms. The van der Waals surface area contributed by atoms with Crippen LogP contribution in [0.5, 0.6) is 0 Å². The summed E-state index contributed by atoms with van der Waals surface area (Å²) >= 11 is 0. The van der Waals surface area contributed by atoms with E-state index >= 15 is 0 Å². The standard InChI is InChI=1S/C12H13N3/c1-8-5-11(13)12(14)6-10(8)9-3-2-4-15-7-9/h2-7H,13-14H2,1H3. The Morgan fingerprint density at radius 3 is 2.53 bits per heavy atom. The van der Waals surface area contributed by atoms with Gasteiger partial charge >= 0.3 is 0 Å². The molecule has 0 atom stereocenters. The first-order valence-corrected chi connectivity index (χ1v) is 4.74. The Kier molecular flexibility index (Phi) is 2.29. The molecule has 0 bridgehead atoms. The first-order valence-electron chi connectivity index (χ1n) is 4.74. The quantitative estimate of drug-likeness (QED) is 0.692. The van der Waals surface area contributed by atoms with Crippen LogP contribution in [0.25, 0.3) is 11.1 Å². The van der Waals surface area contributed by atoms with E-state index in [1.807, 2.05) is 37.4 Å². The fourth-order valence-electron chi connectivity index (χ4n) is 1.58. The molecule has 2 aromatic rings. The van der Waals surface area contributed by atoms with Crippen molar-refractivity contribution in [1.82, 2.24) is 4.98 Å². The number of nitrogens with zero attached hydrogens (tertiary/aromatic N) is 1. The fourth-order valence-corrected chi connectivity index (χ4v) is 1.58. The molecular formula is C12H13N3. The molecule has 0 saturated heterocycles. The molecule has 0 fully saturated rings. The van der Waals surface area contributed by atoms with Crippen LogP contribution in [-0.4, -0.2) is 4.98 Å². The zero-order chi connectivity index (χ0) is 10.8. The number of aromatic nitrogens is 1. The molecule has 4 N–H and O–H groups in total. The molecule has 3 nitrogen and oxygen atoms in total. The molecule has 3 heteroatoms.